The van der Waals surface area contributed by atoms with Crippen molar-refractivity contribution in [3.63, 3.8) is 0 Å². The van der Waals surface area contributed by atoms with Crippen LogP contribution in [0.1, 0.15) is 42.9 Å². The molecular formula is C19H25N5O. The number of hydrogen-bond donors (Lipinski definition) is 1. The number of aryl methyl sites for hydroxylation is 1. The van der Waals surface area contributed by atoms with Crippen molar-refractivity contribution in [3.8, 4) is 0 Å². The molecule has 1 amide bonds. The van der Waals surface area contributed by atoms with Gasteiger partial charge in [-0.2, -0.15) is 0 Å². The summed E-state index contributed by atoms with van der Waals surface area (Å²) in [4.78, 5) is 15.0. The number of likely N-dealkylation sites (tertiary alicyclic amines) is 1. The maximum atomic E-state index is 12.7. The van der Waals surface area contributed by atoms with Gasteiger partial charge in [0.05, 0.1) is 12.6 Å². The second-order valence-electron chi connectivity index (χ2n) is 6.97. The number of carbonyl (C=O) groups is 1. The van der Waals surface area contributed by atoms with Crippen molar-refractivity contribution in [2.45, 2.75) is 57.8 Å². The van der Waals surface area contributed by atoms with E-state index >= 15 is 0 Å². The smallest absolute Gasteiger partial charge is 0.237 e. The van der Waals surface area contributed by atoms with Crippen molar-refractivity contribution in [3.05, 3.63) is 47.5 Å². The highest BCUT2D eigenvalue weighted by Gasteiger charge is 2.30. The lowest BCUT2D eigenvalue weighted by Crippen LogP contribution is -2.43. The molecule has 132 valence electrons. The van der Waals surface area contributed by atoms with Gasteiger partial charge in [0.1, 0.15) is 5.82 Å². The number of nitrogens with zero attached hydrogens (tertiary/aromatic N) is 4. The van der Waals surface area contributed by atoms with E-state index in [0.29, 0.717) is 6.54 Å². The number of nitrogens with one attached hydrogen (secondary N) is 1. The van der Waals surface area contributed by atoms with Gasteiger partial charge >= 0.3 is 0 Å². The summed E-state index contributed by atoms with van der Waals surface area (Å²) in [6.45, 7) is 3.26. The van der Waals surface area contributed by atoms with Crippen molar-refractivity contribution in [2.24, 2.45) is 0 Å². The predicted molar refractivity (Wildman–Crippen MR) is 94.7 cm³/mol. The van der Waals surface area contributed by atoms with Gasteiger partial charge in [-0.3, -0.25) is 9.69 Å². The molecule has 25 heavy (non-hydrogen) atoms. The van der Waals surface area contributed by atoms with Crippen molar-refractivity contribution in [2.75, 3.05) is 6.54 Å². The molecule has 1 unspecified atom stereocenters. The molecule has 0 saturated carbocycles. The number of rotatable bonds is 5. The van der Waals surface area contributed by atoms with Crippen LogP contribution >= 0.6 is 0 Å². The maximum absolute atomic E-state index is 12.7. The molecule has 0 bridgehead atoms. The predicted octanol–water partition coefficient (Wildman–Crippen LogP) is 1.90. The summed E-state index contributed by atoms with van der Waals surface area (Å²) in [5.74, 6) is 2.05. The molecule has 0 spiro atoms. The molecule has 1 atom stereocenters. The molecular weight excluding hydrogens is 314 g/mol. The molecule has 0 radical (unpaired) electrons. The van der Waals surface area contributed by atoms with Gasteiger partial charge in [0.15, 0.2) is 5.82 Å². The van der Waals surface area contributed by atoms with Crippen LogP contribution < -0.4 is 5.32 Å². The van der Waals surface area contributed by atoms with Crippen LogP contribution in [0.3, 0.4) is 0 Å². The molecule has 1 aromatic heterocycles. The average Bonchev–Trinajstić information content (AvgIpc) is 3.27. The lowest BCUT2D eigenvalue weighted by molar-refractivity contribution is -0.125. The van der Waals surface area contributed by atoms with E-state index in [1.165, 1.54) is 18.4 Å². The van der Waals surface area contributed by atoms with E-state index in [0.717, 1.165) is 50.5 Å². The van der Waals surface area contributed by atoms with Gasteiger partial charge in [-0.15, -0.1) is 10.2 Å². The molecule has 1 N–H and O–H groups in total. The SMILES string of the molecule is O=C(NCc1nnc2n1CCCC2)C1CCCN1Cc1ccccc1. The summed E-state index contributed by atoms with van der Waals surface area (Å²) in [6.07, 6.45) is 5.34. The number of amides is 1. The van der Waals surface area contributed by atoms with Crippen molar-refractivity contribution < 1.29 is 4.79 Å². The molecule has 2 aliphatic heterocycles. The highest BCUT2D eigenvalue weighted by molar-refractivity contribution is 5.81. The van der Waals surface area contributed by atoms with Crippen LogP contribution in [0.15, 0.2) is 30.3 Å². The second-order valence-corrected chi connectivity index (χ2v) is 6.97. The van der Waals surface area contributed by atoms with E-state index in [9.17, 15) is 4.79 Å². The van der Waals surface area contributed by atoms with Crippen LogP contribution in [-0.2, 0) is 30.8 Å². The molecule has 3 heterocycles. The fourth-order valence-corrected chi connectivity index (χ4v) is 3.91. The third-order valence-corrected chi connectivity index (χ3v) is 5.25. The molecule has 4 rings (SSSR count). The van der Waals surface area contributed by atoms with E-state index in [1.807, 2.05) is 6.07 Å². The highest BCUT2D eigenvalue weighted by atomic mass is 16.2. The second kappa shape index (κ2) is 7.35. The molecule has 0 aliphatic carbocycles. The Hall–Kier alpha value is -2.21. The summed E-state index contributed by atoms with van der Waals surface area (Å²) in [5.41, 5.74) is 1.26. The Morgan fingerprint density at radius 1 is 1.12 bits per heavy atom. The monoisotopic (exact) mass is 339 g/mol. The Kier molecular flexibility index (Phi) is 4.78. The lowest BCUT2D eigenvalue weighted by Gasteiger charge is -2.23. The minimum atomic E-state index is -0.0380. The quantitative estimate of drug-likeness (QED) is 0.904. The summed E-state index contributed by atoms with van der Waals surface area (Å²) in [7, 11) is 0. The first-order valence-corrected chi connectivity index (χ1v) is 9.28. The molecule has 6 nitrogen and oxygen atoms in total. The van der Waals surface area contributed by atoms with E-state index in [4.69, 9.17) is 0 Å². The zero-order valence-electron chi connectivity index (χ0n) is 14.5. The van der Waals surface area contributed by atoms with Gasteiger partial charge < -0.3 is 9.88 Å². The molecule has 2 aromatic rings. The standard InChI is InChI=1S/C19H25N5O/c25-19(20-13-18-22-21-17-10-4-5-12-24(17)18)16-9-6-11-23(16)14-15-7-2-1-3-8-15/h1-3,7-8,16H,4-6,9-14H2,(H,20,25). The molecule has 1 aromatic carbocycles. The first-order chi connectivity index (χ1) is 12.3. The fraction of sp³-hybridized carbons (Fsp3) is 0.526. The Labute approximate surface area is 148 Å². The summed E-state index contributed by atoms with van der Waals surface area (Å²) in [6, 6.07) is 10.3. The van der Waals surface area contributed by atoms with Gasteiger partial charge in [0.25, 0.3) is 0 Å². The number of fused-ring (bicyclic) bond motifs is 1. The maximum Gasteiger partial charge on any atom is 0.237 e. The van der Waals surface area contributed by atoms with Gasteiger partial charge in [-0.25, -0.2) is 0 Å². The van der Waals surface area contributed by atoms with Crippen LogP contribution in [0.2, 0.25) is 0 Å². The van der Waals surface area contributed by atoms with Crippen LogP contribution in [0.4, 0.5) is 0 Å². The Balaban J connectivity index is 1.36. The molecule has 6 heteroatoms. The summed E-state index contributed by atoms with van der Waals surface area (Å²) >= 11 is 0. The number of carbonyl (C=O) groups excluding carboxylic acids is 1. The molecule has 1 fully saturated rings. The van der Waals surface area contributed by atoms with Gasteiger partial charge in [-0.1, -0.05) is 30.3 Å². The van der Waals surface area contributed by atoms with Crippen LogP contribution in [0.5, 0.6) is 0 Å². The first kappa shape index (κ1) is 16.3. The van der Waals surface area contributed by atoms with Gasteiger partial charge in [0.2, 0.25) is 5.91 Å². The van der Waals surface area contributed by atoms with E-state index in [1.54, 1.807) is 0 Å². The van der Waals surface area contributed by atoms with Crippen molar-refractivity contribution in [1.29, 1.82) is 0 Å². The summed E-state index contributed by atoms with van der Waals surface area (Å²) in [5, 5.41) is 11.6. The first-order valence-electron chi connectivity index (χ1n) is 9.28. The third-order valence-electron chi connectivity index (χ3n) is 5.25. The van der Waals surface area contributed by atoms with Crippen LogP contribution in [-0.4, -0.2) is 38.2 Å². The third kappa shape index (κ3) is 3.58. The topological polar surface area (TPSA) is 63.1 Å². The fourth-order valence-electron chi connectivity index (χ4n) is 3.91. The highest BCUT2D eigenvalue weighted by Crippen LogP contribution is 2.20. The molecule has 1 saturated heterocycles. The minimum Gasteiger partial charge on any atom is -0.347 e. The van der Waals surface area contributed by atoms with Crippen molar-refractivity contribution >= 4 is 5.91 Å². The Bertz CT molecular complexity index is 727. The average molecular weight is 339 g/mol. The minimum absolute atomic E-state index is 0.0380. The number of benzene rings is 1. The van der Waals surface area contributed by atoms with Crippen LogP contribution in [0, 0.1) is 0 Å². The normalized spacial score (nSPS) is 20.4. The summed E-state index contributed by atoms with van der Waals surface area (Å²) < 4.78 is 2.17. The zero-order valence-corrected chi connectivity index (χ0v) is 14.5. The lowest BCUT2D eigenvalue weighted by atomic mass is 10.1. The Morgan fingerprint density at radius 2 is 2.00 bits per heavy atom. The van der Waals surface area contributed by atoms with Gasteiger partial charge in [0, 0.05) is 19.5 Å². The van der Waals surface area contributed by atoms with E-state index < -0.39 is 0 Å². The van der Waals surface area contributed by atoms with E-state index in [-0.39, 0.29) is 11.9 Å². The van der Waals surface area contributed by atoms with Crippen LogP contribution in [0.25, 0.3) is 0 Å². The number of hydrogen-bond acceptors (Lipinski definition) is 4. The van der Waals surface area contributed by atoms with E-state index in [2.05, 4.69) is 49.2 Å². The Morgan fingerprint density at radius 3 is 2.88 bits per heavy atom. The molecule has 2 aliphatic rings. The van der Waals surface area contributed by atoms with Gasteiger partial charge in [-0.05, 0) is 37.8 Å². The van der Waals surface area contributed by atoms with Crippen molar-refractivity contribution in [1.82, 2.24) is 25.0 Å². The zero-order chi connectivity index (χ0) is 17.1. The largest absolute Gasteiger partial charge is 0.347 e. The number of aromatic nitrogens is 3.